The molecule has 1 aromatic heterocycles. The van der Waals surface area contributed by atoms with E-state index >= 15 is 0 Å². The van der Waals surface area contributed by atoms with Gasteiger partial charge in [-0.05, 0) is 74.5 Å². The van der Waals surface area contributed by atoms with Crippen molar-refractivity contribution < 1.29 is 13.1 Å². The zero-order valence-electron chi connectivity index (χ0n) is 15.6. The molecule has 3 aromatic rings. The van der Waals surface area contributed by atoms with Crippen LogP contribution in [0.5, 0.6) is 0 Å². The number of nitrogens with zero attached hydrogens (tertiary/aromatic N) is 3. The Morgan fingerprint density at radius 1 is 0.690 bits per heavy atom. The van der Waals surface area contributed by atoms with Crippen LogP contribution in [0.3, 0.4) is 0 Å². The van der Waals surface area contributed by atoms with Crippen LogP contribution in [0.2, 0.25) is 10.0 Å². The maximum atomic E-state index is 5.91. The summed E-state index contributed by atoms with van der Waals surface area (Å²) in [5.74, 6) is 0. The first-order chi connectivity index (χ1) is 13.9. The predicted molar refractivity (Wildman–Crippen MR) is 123 cm³/mol. The van der Waals surface area contributed by atoms with Crippen molar-refractivity contribution in [3.63, 3.8) is 0 Å². The number of pyridine rings is 1. The van der Waals surface area contributed by atoms with Crippen molar-refractivity contribution in [2.75, 3.05) is 0 Å². The van der Waals surface area contributed by atoms with Crippen LogP contribution in [0.4, 0.5) is 11.4 Å². The van der Waals surface area contributed by atoms with Gasteiger partial charge in [-0.1, -0.05) is 29.3 Å². The van der Waals surface area contributed by atoms with Gasteiger partial charge in [0.25, 0.3) is 0 Å². The van der Waals surface area contributed by atoms with Crippen molar-refractivity contribution in [3.8, 4) is 0 Å². The number of benzene rings is 2. The maximum absolute atomic E-state index is 5.91. The van der Waals surface area contributed by atoms with Gasteiger partial charge in [-0.3, -0.25) is 9.98 Å². The van der Waals surface area contributed by atoms with E-state index in [1.807, 2.05) is 80.6 Å². The Morgan fingerprint density at radius 3 is 1.38 bits per heavy atom. The zero-order chi connectivity index (χ0) is 21.2. The summed E-state index contributed by atoms with van der Waals surface area (Å²) in [4.78, 5) is 13.9. The second-order valence-electron chi connectivity index (χ2n) is 5.81. The molecule has 0 N–H and O–H groups in total. The number of aliphatic imine (C=N–C) groups is 2. The Morgan fingerprint density at radius 2 is 1.03 bits per heavy atom. The molecule has 1 heterocycles. The standard InChI is InChI=1S/C21H17Cl2N3.2ClH.Fe/c1-14(24-18-10-6-16(22)7-11-18)20-4-3-5-21(26-20)15(2)25-19-12-8-17(23)9-13-19;;;/h3-13H,1-2H3;2*1H;/q;;;+2/p-2. The van der Waals surface area contributed by atoms with Crippen molar-refractivity contribution in [3.05, 3.63) is 88.2 Å². The first kappa shape index (κ1) is 23.9. The molecule has 152 valence electrons. The second kappa shape index (κ2) is 12.3. The topological polar surface area (TPSA) is 37.6 Å². The molecule has 0 saturated carbocycles. The Kier molecular flexibility index (Phi) is 10.2. The van der Waals surface area contributed by atoms with Crippen LogP contribution in [-0.4, -0.2) is 16.4 Å². The predicted octanol–water partition coefficient (Wildman–Crippen LogP) is 8.05. The van der Waals surface area contributed by atoms with Crippen molar-refractivity contribution in [1.29, 1.82) is 0 Å². The van der Waals surface area contributed by atoms with Crippen LogP contribution in [0.1, 0.15) is 25.2 Å². The van der Waals surface area contributed by atoms with E-state index in [4.69, 9.17) is 43.4 Å². The summed E-state index contributed by atoms with van der Waals surface area (Å²) in [6, 6.07) is 20.6. The van der Waals surface area contributed by atoms with Crippen molar-refractivity contribution in [1.82, 2.24) is 4.98 Å². The molecule has 0 spiro atoms. The van der Waals surface area contributed by atoms with E-state index in [9.17, 15) is 0 Å². The summed E-state index contributed by atoms with van der Waals surface area (Å²) in [5, 5.41) is 1.38. The van der Waals surface area contributed by atoms with Gasteiger partial charge in [0.1, 0.15) is 0 Å². The summed E-state index contributed by atoms with van der Waals surface area (Å²) >= 11 is 12.0. The van der Waals surface area contributed by atoms with E-state index in [0.717, 1.165) is 34.2 Å². The van der Waals surface area contributed by atoms with Crippen LogP contribution in [0, 0.1) is 0 Å². The van der Waals surface area contributed by atoms with Gasteiger partial charge in [0, 0.05) is 10.0 Å². The fourth-order valence-corrected chi connectivity index (χ4v) is 2.62. The number of aromatic nitrogens is 1. The fraction of sp³-hybridized carbons (Fsp3) is 0.0952. The fourth-order valence-electron chi connectivity index (χ4n) is 2.37. The Hall–Kier alpha value is -1.39. The molecule has 29 heavy (non-hydrogen) atoms. The molecule has 0 bridgehead atoms. The minimum atomic E-state index is 0.194. The molecule has 0 aliphatic rings. The zero-order valence-corrected chi connectivity index (χ0v) is 19.7. The van der Waals surface area contributed by atoms with Gasteiger partial charge in [-0.15, -0.1) is 0 Å². The molecule has 2 aromatic carbocycles. The molecule has 0 aliphatic carbocycles. The Bertz CT molecular complexity index is 911. The summed E-state index contributed by atoms with van der Waals surface area (Å²) < 4.78 is 0. The number of halogens is 4. The van der Waals surface area contributed by atoms with Gasteiger partial charge in [-0.25, -0.2) is 4.98 Å². The Labute approximate surface area is 195 Å². The molecule has 0 aliphatic heterocycles. The SMILES string of the molecule is CC(=Nc1ccc(Cl)cc1)c1cccc(C(C)=Nc2ccc(Cl)cc2)n1.[Cl][Fe][Cl]. The summed E-state index contributed by atoms with van der Waals surface area (Å²) in [7, 11) is 9.53. The van der Waals surface area contributed by atoms with Gasteiger partial charge in [0.2, 0.25) is 0 Å². The number of hydrogen-bond acceptors (Lipinski definition) is 3. The number of hydrogen-bond donors (Lipinski definition) is 0. The third-order valence-corrected chi connectivity index (χ3v) is 4.24. The molecule has 0 fully saturated rings. The quantitative estimate of drug-likeness (QED) is 0.259. The van der Waals surface area contributed by atoms with E-state index < -0.39 is 0 Å². The average molecular weight is 509 g/mol. The first-order valence-electron chi connectivity index (χ1n) is 8.37. The van der Waals surface area contributed by atoms with Gasteiger partial charge >= 0.3 is 33.3 Å². The molecule has 0 amide bonds. The van der Waals surface area contributed by atoms with Crippen LogP contribution in [0.25, 0.3) is 0 Å². The second-order valence-corrected chi connectivity index (χ2v) is 8.50. The van der Waals surface area contributed by atoms with Crippen LogP contribution >= 0.6 is 43.4 Å². The Balaban J connectivity index is 0.000000941. The molecule has 3 nitrogen and oxygen atoms in total. The van der Waals surface area contributed by atoms with Gasteiger partial charge in [0.15, 0.2) is 0 Å². The van der Waals surface area contributed by atoms with Crippen molar-refractivity contribution in [2.24, 2.45) is 9.98 Å². The summed E-state index contributed by atoms with van der Waals surface area (Å²) in [6.45, 7) is 3.87. The first-order valence-corrected chi connectivity index (χ1v) is 12.2. The summed E-state index contributed by atoms with van der Waals surface area (Å²) in [5.41, 5.74) is 4.95. The molecule has 8 heteroatoms. The van der Waals surface area contributed by atoms with Crippen LogP contribution < -0.4 is 0 Å². The van der Waals surface area contributed by atoms with E-state index in [-0.39, 0.29) is 13.1 Å². The average Bonchev–Trinajstić information content (AvgIpc) is 2.72. The minimum absolute atomic E-state index is 0.194. The van der Waals surface area contributed by atoms with E-state index in [1.54, 1.807) is 0 Å². The molecule has 0 unspecified atom stereocenters. The molecule has 3 rings (SSSR count). The van der Waals surface area contributed by atoms with Gasteiger partial charge < -0.3 is 0 Å². The van der Waals surface area contributed by atoms with E-state index in [0.29, 0.717) is 10.0 Å². The third kappa shape index (κ3) is 8.10. The van der Waals surface area contributed by atoms with Crippen molar-refractivity contribution in [2.45, 2.75) is 13.8 Å². The number of rotatable bonds is 4. The third-order valence-electron chi connectivity index (χ3n) is 3.74. The van der Waals surface area contributed by atoms with E-state index in [1.165, 1.54) is 0 Å². The normalized spacial score (nSPS) is 11.8. The summed E-state index contributed by atoms with van der Waals surface area (Å²) in [6.07, 6.45) is 0. The molecule has 0 saturated heterocycles. The molecular weight excluding hydrogens is 492 g/mol. The monoisotopic (exact) mass is 507 g/mol. The van der Waals surface area contributed by atoms with Gasteiger partial charge in [0.05, 0.1) is 34.2 Å². The molecule has 0 atom stereocenters. The molecular formula is C21H17Cl4FeN3. The van der Waals surface area contributed by atoms with Crippen LogP contribution in [-0.2, 0) is 13.1 Å². The van der Waals surface area contributed by atoms with E-state index in [2.05, 4.69) is 15.0 Å². The van der Waals surface area contributed by atoms with Gasteiger partial charge in [-0.2, -0.15) is 0 Å². The van der Waals surface area contributed by atoms with Crippen molar-refractivity contribution >= 4 is 66.2 Å². The van der Waals surface area contributed by atoms with Crippen LogP contribution in [0.15, 0.2) is 76.7 Å². The molecule has 0 radical (unpaired) electrons.